The third kappa shape index (κ3) is 5.75. The van der Waals surface area contributed by atoms with E-state index < -0.39 is 11.3 Å². The van der Waals surface area contributed by atoms with E-state index in [2.05, 4.69) is 30.4 Å². The van der Waals surface area contributed by atoms with Crippen LogP contribution in [0, 0.1) is 0 Å². The van der Waals surface area contributed by atoms with E-state index in [9.17, 15) is 4.79 Å². The van der Waals surface area contributed by atoms with Crippen LogP contribution in [0.4, 0.5) is 4.79 Å². The smallest absolute Gasteiger partial charge is 0.413 e. The second-order valence-corrected chi connectivity index (χ2v) is 7.65. The van der Waals surface area contributed by atoms with Gasteiger partial charge in [-0.25, -0.2) is 4.79 Å². The molecule has 1 saturated heterocycles. The molecule has 1 heterocycles. The van der Waals surface area contributed by atoms with Crippen LogP contribution < -0.4 is 0 Å². The van der Waals surface area contributed by atoms with Crippen LogP contribution in [0.15, 0.2) is 48.6 Å². The molecular formula is C21H29NO3. The summed E-state index contributed by atoms with van der Waals surface area (Å²) >= 11 is 0. The van der Waals surface area contributed by atoms with Crippen molar-refractivity contribution in [3.05, 3.63) is 54.1 Å². The van der Waals surface area contributed by atoms with Crippen molar-refractivity contribution in [1.29, 1.82) is 0 Å². The van der Waals surface area contributed by atoms with Crippen LogP contribution in [0.1, 0.15) is 46.6 Å². The normalized spacial score (nSPS) is 20.5. The van der Waals surface area contributed by atoms with Crippen LogP contribution in [0.25, 0.3) is 6.08 Å². The predicted octanol–water partition coefficient (Wildman–Crippen LogP) is 5.02. The van der Waals surface area contributed by atoms with E-state index in [0.29, 0.717) is 6.61 Å². The summed E-state index contributed by atoms with van der Waals surface area (Å²) < 4.78 is 11.3. The van der Waals surface area contributed by atoms with Gasteiger partial charge in [0.1, 0.15) is 11.3 Å². The summed E-state index contributed by atoms with van der Waals surface area (Å²) in [5.74, 6) is 0. The molecular weight excluding hydrogens is 314 g/mol. The lowest BCUT2D eigenvalue weighted by molar-refractivity contribution is -0.0610. The monoisotopic (exact) mass is 343 g/mol. The SMILES string of the molecule is CC(C)(C)OC(=O)N1[C@H](/C=C/C/C=C/c2ccccc2)COC1(C)C. The molecule has 1 atom stereocenters. The molecule has 0 spiro atoms. The molecule has 0 bridgehead atoms. The van der Waals surface area contributed by atoms with Crippen LogP contribution >= 0.6 is 0 Å². The zero-order chi connectivity index (χ0) is 18.5. The summed E-state index contributed by atoms with van der Waals surface area (Å²) in [6.45, 7) is 9.86. The van der Waals surface area contributed by atoms with Gasteiger partial charge in [0, 0.05) is 0 Å². The minimum atomic E-state index is -0.669. The summed E-state index contributed by atoms with van der Waals surface area (Å²) in [5.41, 5.74) is -0.0174. The molecule has 0 N–H and O–H groups in total. The molecule has 4 heteroatoms. The first kappa shape index (κ1) is 19.3. The van der Waals surface area contributed by atoms with Crippen molar-refractivity contribution in [1.82, 2.24) is 4.90 Å². The standard InChI is InChI=1S/C21H29NO3/c1-20(2,3)25-19(23)22-18(16-24-21(22,4)5)15-11-7-10-14-17-12-8-6-9-13-17/h6,8-15,18H,7,16H2,1-5H3/b14-10+,15-11+/t18-/m1/s1. The van der Waals surface area contributed by atoms with Gasteiger partial charge >= 0.3 is 6.09 Å². The molecule has 0 saturated carbocycles. The lowest BCUT2D eigenvalue weighted by Gasteiger charge is -2.34. The maximum absolute atomic E-state index is 12.5. The summed E-state index contributed by atoms with van der Waals surface area (Å²) in [6, 6.07) is 10.1. The van der Waals surface area contributed by atoms with Crippen molar-refractivity contribution in [3.63, 3.8) is 0 Å². The van der Waals surface area contributed by atoms with Gasteiger partial charge in [0.25, 0.3) is 0 Å². The van der Waals surface area contributed by atoms with Gasteiger partial charge in [0.15, 0.2) is 0 Å². The third-order valence-electron chi connectivity index (χ3n) is 3.85. The van der Waals surface area contributed by atoms with Gasteiger partial charge in [-0.2, -0.15) is 0 Å². The Morgan fingerprint density at radius 1 is 1.28 bits per heavy atom. The highest BCUT2D eigenvalue weighted by Crippen LogP contribution is 2.30. The Morgan fingerprint density at radius 2 is 1.96 bits per heavy atom. The summed E-state index contributed by atoms with van der Waals surface area (Å²) in [6.07, 6.45) is 8.73. The Labute approximate surface area is 151 Å². The van der Waals surface area contributed by atoms with Gasteiger partial charge < -0.3 is 9.47 Å². The molecule has 136 valence electrons. The van der Waals surface area contributed by atoms with Gasteiger partial charge in [-0.15, -0.1) is 0 Å². The molecule has 4 nitrogen and oxygen atoms in total. The van der Waals surface area contributed by atoms with E-state index >= 15 is 0 Å². The van der Waals surface area contributed by atoms with E-state index in [0.717, 1.165) is 6.42 Å². The van der Waals surface area contributed by atoms with Crippen LogP contribution in [0.3, 0.4) is 0 Å². The maximum Gasteiger partial charge on any atom is 0.413 e. The molecule has 0 unspecified atom stereocenters. The Morgan fingerprint density at radius 3 is 2.60 bits per heavy atom. The van der Waals surface area contributed by atoms with Gasteiger partial charge in [-0.3, -0.25) is 4.90 Å². The van der Waals surface area contributed by atoms with Crippen LogP contribution in [0.2, 0.25) is 0 Å². The highest BCUT2D eigenvalue weighted by atomic mass is 16.6. The summed E-state index contributed by atoms with van der Waals surface area (Å²) in [7, 11) is 0. The molecule has 0 aliphatic carbocycles. The average Bonchev–Trinajstić information content (AvgIpc) is 2.81. The van der Waals surface area contributed by atoms with E-state index in [1.165, 1.54) is 5.56 Å². The molecule has 1 aliphatic heterocycles. The Bertz CT molecular complexity index is 626. The maximum atomic E-state index is 12.5. The van der Waals surface area contributed by atoms with Crippen molar-refractivity contribution in [3.8, 4) is 0 Å². The summed E-state index contributed by atoms with van der Waals surface area (Å²) in [4.78, 5) is 14.2. The number of hydrogen-bond acceptors (Lipinski definition) is 3. The van der Waals surface area contributed by atoms with E-state index in [1.807, 2.05) is 58.9 Å². The summed E-state index contributed by atoms with van der Waals surface area (Å²) in [5, 5.41) is 0. The number of allylic oxidation sites excluding steroid dienone is 2. The Balaban J connectivity index is 1.97. The molecule has 1 amide bonds. The van der Waals surface area contributed by atoms with Crippen LogP contribution in [-0.4, -0.2) is 35.0 Å². The lowest BCUT2D eigenvalue weighted by Crippen LogP contribution is -2.49. The first-order chi connectivity index (χ1) is 11.7. The van der Waals surface area contributed by atoms with Crippen molar-refractivity contribution >= 4 is 12.2 Å². The van der Waals surface area contributed by atoms with Crippen LogP contribution in [0.5, 0.6) is 0 Å². The van der Waals surface area contributed by atoms with Crippen molar-refractivity contribution in [2.75, 3.05) is 6.61 Å². The van der Waals surface area contributed by atoms with Crippen molar-refractivity contribution < 1.29 is 14.3 Å². The first-order valence-corrected chi connectivity index (χ1v) is 8.73. The average molecular weight is 343 g/mol. The molecule has 1 aromatic carbocycles. The van der Waals surface area contributed by atoms with Crippen molar-refractivity contribution in [2.45, 2.75) is 58.4 Å². The molecule has 1 aliphatic rings. The predicted molar refractivity (Wildman–Crippen MR) is 101 cm³/mol. The Kier molecular flexibility index (Phi) is 6.07. The fourth-order valence-electron chi connectivity index (χ4n) is 2.72. The fourth-order valence-corrected chi connectivity index (χ4v) is 2.72. The molecule has 1 aromatic rings. The number of rotatable bonds is 4. The Hall–Kier alpha value is -2.07. The highest BCUT2D eigenvalue weighted by molar-refractivity contribution is 5.70. The minimum absolute atomic E-state index is 0.116. The lowest BCUT2D eigenvalue weighted by atomic mass is 10.1. The molecule has 0 radical (unpaired) electrons. The first-order valence-electron chi connectivity index (χ1n) is 8.73. The van der Waals surface area contributed by atoms with Gasteiger partial charge in [0.05, 0.1) is 12.6 Å². The second-order valence-electron chi connectivity index (χ2n) is 7.65. The number of benzene rings is 1. The van der Waals surface area contributed by atoms with Gasteiger partial charge in [-0.05, 0) is 46.6 Å². The number of carbonyl (C=O) groups excluding carboxylic acids is 1. The molecule has 0 aromatic heterocycles. The number of carbonyl (C=O) groups is 1. The topological polar surface area (TPSA) is 38.8 Å². The zero-order valence-corrected chi connectivity index (χ0v) is 15.9. The minimum Gasteiger partial charge on any atom is -0.444 e. The molecule has 1 fully saturated rings. The van der Waals surface area contributed by atoms with E-state index in [-0.39, 0.29) is 12.1 Å². The zero-order valence-electron chi connectivity index (χ0n) is 15.9. The van der Waals surface area contributed by atoms with Crippen molar-refractivity contribution in [2.24, 2.45) is 0 Å². The van der Waals surface area contributed by atoms with Crippen LogP contribution in [-0.2, 0) is 9.47 Å². The highest BCUT2D eigenvalue weighted by Gasteiger charge is 2.44. The second kappa shape index (κ2) is 7.87. The van der Waals surface area contributed by atoms with E-state index in [1.54, 1.807) is 4.90 Å². The number of hydrogen-bond donors (Lipinski definition) is 0. The molecule has 25 heavy (non-hydrogen) atoms. The fraction of sp³-hybridized carbons (Fsp3) is 0.476. The largest absolute Gasteiger partial charge is 0.444 e. The quantitative estimate of drug-likeness (QED) is 0.721. The molecule has 2 rings (SSSR count). The number of ether oxygens (including phenoxy) is 2. The number of nitrogens with zero attached hydrogens (tertiary/aromatic N) is 1. The van der Waals surface area contributed by atoms with Gasteiger partial charge in [-0.1, -0.05) is 54.6 Å². The number of amides is 1. The van der Waals surface area contributed by atoms with Gasteiger partial charge in [0.2, 0.25) is 0 Å². The van der Waals surface area contributed by atoms with E-state index in [4.69, 9.17) is 9.47 Å². The third-order valence-corrected chi connectivity index (χ3v) is 3.85.